The number of nitrogens with one attached hydrogen (secondary N) is 1. The number of ether oxygens (including phenoxy) is 1. The van der Waals surface area contributed by atoms with E-state index in [4.69, 9.17) is 27.9 Å². The molecule has 0 bridgehead atoms. The van der Waals surface area contributed by atoms with Crippen LogP contribution in [0.5, 0.6) is 5.75 Å². The summed E-state index contributed by atoms with van der Waals surface area (Å²) >= 11 is 11.6. The predicted octanol–water partition coefficient (Wildman–Crippen LogP) is 4.78. The summed E-state index contributed by atoms with van der Waals surface area (Å²) in [5.41, 5.74) is 0.658. The molecule has 0 atom stereocenters. The van der Waals surface area contributed by atoms with E-state index in [2.05, 4.69) is 5.32 Å². The van der Waals surface area contributed by atoms with Crippen molar-refractivity contribution in [2.75, 3.05) is 11.9 Å². The fourth-order valence-electron chi connectivity index (χ4n) is 1.69. The molecule has 0 spiro atoms. The number of amides is 1. The molecule has 110 valence electrons. The molecule has 0 aromatic heterocycles. The zero-order chi connectivity index (χ0) is 15.4. The Labute approximate surface area is 131 Å². The highest BCUT2D eigenvalue weighted by atomic mass is 35.5. The van der Waals surface area contributed by atoms with Crippen molar-refractivity contribution in [3.63, 3.8) is 0 Å². The minimum atomic E-state index is -0.538. The minimum absolute atomic E-state index is 0.144. The van der Waals surface area contributed by atoms with Crippen LogP contribution in [0.2, 0.25) is 10.0 Å². The Kier molecular flexibility index (Phi) is 5.04. The summed E-state index contributed by atoms with van der Waals surface area (Å²) in [6, 6.07) is 8.73. The number of anilines is 1. The number of benzene rings is 2. The average molecular weight is 328 g/mol. The van der Waals surface area contributed by atoms with Gasteiger partial charge >= 0.3 is 0 Å². The van der Waals surface area contributed by atoms with Crippen molar-refractivity contribution in [2.24, 2.45) is 0 Å². The second-order valence-corrected chi connectivity index (χ2v) is 4.98. The molecular weight excluding hydrogens is 316 g/mol. The van der Waals surface area contributed by atoms with E-state index in [1.165, 1.54) is 30.3 Å². The molecule has 21 heavy (non-hydrogen) atoms. The molecule has 1 amide bonds. The summed E-state index contributed by atoms with van der Waals surface area (Å²) < 4.78 is 18.8. The van der Waals surface area contributed by atoms with Gasteiger partial charge in [0, 0.05) is 17.3 Å². The maximum absolute atomic E-state index is 13.7. The van der Waals surface area contributed by atoms with Gasteiger partial charge in [-0.2, -0.15) is 0 Å². The SMILES string of the molecule is CCOc1ccc(NC(=O)c2ccc(Cl)c(Cl)c2)cc1F. The first kappa shape index (κ1) is 15.6. The van der Waals surface area contributed by atoms with E-state index in [1.54, 1.807) is 13.0 Å². The van der Waals surface area contributed by atoms with Crippen LogP contribution in [-0.2, 0) is 0 Å². The topological polar surface area (TPSA) is 38.3 Å². The van der Waals surface area contributed by atoms with Crippen LogP contribution in [-0.4, -0.2) is 12.5 Å². The fraction of sp³-hybridized carbons (Fsp3) is 0.133. The third-order valence-electron chi connectivity index (χ3n) is 2.67. The van der Waals surface area contributed by atoms with Gasteiger partial charge in [0.25, 0.3) is 5.91 Å². The second kappa shape index (κ2) is 6.78. The summed E-state index contributed by atoms with van der Waals surface area (Å²) in [7, 11) is 0. The molecule has 2 rings (SSSR count). The maximum Gasteiger partial charge on any atom is 0.255 e. The van der Waals surface area contributed by atoms with Gasteiger partial charge in [-0.05, 0) is 37.3 Å². The number of hydrogen-bond donors (Lipinski definition) is 1. The first-order chi connectivity index (χ1) is 10.0. The highest BCUT2D eigenvalue weighted by Crippen LogP contribution is 2.24. The highest BCUT2D eigenvalue weighted by Gasteiger charge is 2.10. The van der Waals surface area contributed by atoms with Crippen molar-refractivity contribution in [2.45, 2.75) is 6.92 Å². The van der Waals surface area contributed by atoms with Gasteiger partial charge in [0.1, 0.15) is 0 Å². The Bertz CT molecular complexity index is 677. The summed E-state index contributed by atoms with van der Waals surface area (Å²) in [4.78, 5) is 12.0. The summed E-state index contributed by atoms with van der Waals surface area (Å²) in [6.45, 7) is 2.13. The van der Waals surface area contributed by atoms with E-state index < -0.39 is 11.7 Å². The van der Waals surface area contributed by atoms with Crippen LogP contribution in [0.1, 0.15) is 17.3 Å². The lowest BCUT2D eigenvalue weighted by Crippen LogP contribution is -2.12. The molecule has 0 heterocycles. The lowest BCUT2D eigenvalue weighted by molar-refractivity contribution is 0.102. The summed E-state index contributed by atoms with van der Waals surface area (Å²) in [5.74, 6) is -0.800. The van der Waals surface area contributed by atoms with Crippen LogP contribution in [0.25, 0.3) is 0 Å². The molecule has 0 radical (unpaired) electrons. The average Bonchev–Trinajstić information content (AvgIpc) is 2.45. The van der Waals surface area contributed by atoms with E-state index in [-0.39, 0.29) is 10.8 Å². The zero-order valence-electron chi connectivity index (χ0n) is 11.1. The van der Waals surface area contributed by atoms with Crippen LogP contribution >= 0.6 is 23.2 Å². The Morgan fingerprint density at radius 3 is 2.57 bits per heavy atom. The lowest BCUT2D eigenvalue weighted by Gasteiger charge is -2.09. The summed E-state index contributed by atoms with van der Waals surface area (Å²) in [5, 5.41) is 3.22. The van der Waals surface area contributed by atoms with Crippen LogP contribution in [0.15, 0.2) is 36.4 Å². The lowest BCUT2D eigenvalue weighted by atomic mass is 10.2. The van der Waals surface area contributed by atoms with E-state index in [1.807, 2.05) is 0 Å². The largest absolute Gasteiger partial charge is 0.491 e. The standard InChI is InChI=1S/C15H12Cl2FNO2/c1-2-21-14-6-4-10(8-13(14)18)19-15(20)9-3-5-11(16)12(17)7-9/h3-8H,2H2,1H3,(H,19,20). The van der Waals surface area contributed by atoms with Gasteiger partial charge in [0.05, 0.1) is 16.7 Å². The quantitative estimate of drug-likeness (QED) is 0.877. The molecule has 0 aliphatic rings. The van der Waals surface area contributed by atoms with Crippen molar-refractivity contribution < 1.29 is 13.9 Å². The number of carbonyl (C=O) groups is 1. The number of rotatable bonds is 4. The molecule has 0 fully saturated rings. The molecule has 1 N–H and O–H groups in total. The first-order valence-electron chi connectivity index (χ1n) is 6.20. The minimum Gasteiger partial charge on any atom is -0.491 e. The van der Waals surface area contributed by atoms with Crippen molar-refractivity contribution in [1.29, 1.82) is 0 Å². The summed E-state index contributed by atoms with van der Waals surface area (Å²) in [6.07, 6.45) is 0. The first-order valence-corrected chi connectivity index (χ1v) is 6.95. The van der Waals surface area contributed by atoms with Crippen molar-refractivity contribution in [3.05, 3.63) is 57.8 Å². The maximum atomic E-state index is 13.7. The van der Waals surface area contributed by atoms with Gasteiger partial charge in [0.15, 0.2) is 11.6 Å². The van der Waals surface area contributed by atoms with Crippen LogP contribution in [0.3, 0.4) is 0 Å². The molecule has 3 nitrogen and oxygen atoms in total. The molecular formula is C15H12Cl2FNO2. The smallest absolute Gasteiger partial charge is 0.255 e. The van der Waals surface area contributed by atoms with Gasteiger partial charge in [-0.15, -0.1) is 0 Å². The molecule has 0 aliphatic heterocycles. The van der Waals surface area contributed by atoms with Gasteiger partial charge in [-0.25, -0.2) is 4.39 Å². The van der Waals surface area contributed by atoms with Gasteiger partial charge in [-0.1, -0.05) is 23.2 Å². The van der Waals surface area contributed by atoms with Crippen LogP contribution in [0.4, 0.5) is 10.1 Å². The normalized spacial score (nSPS) is 10.3. The molecule has 0 saturated carbocycles. The monoisotopic (exact) mass is 327 g/mol. The second-order valence-electron chi connectivity index (χ2n) is 4.16. The Hall–Kier alpha value is -1.78. The number of halogens is 3. The van der Waals surface area contributed by atoms with E-state index >= 15 is 0 Å². The number of hydrogen-bond acceptors (Lipinski definition) is 2. The molecule has 0 saturated heterocycles. The van der Waals surface area contributed by atoms with Crippen molar-refractivity contribution in [1.82, 2.24) is 0 Å². The van der Waals surface area contributed by atoms with E-state index in [9.17, 15) is 9.18 Å². The van der Waals surface area contributed by atoms with Crippen molar-refractivity contribution in [3.8, 4) is 5.75 Å². The van der Waals surface area contributed by atoms with Gasteiger partial charge in [0.2, 0.25) is 0 Å². The third-order valence-corrected chi connectivity index (χ3v) is 3.41. The van der Waals surface area contributed by atoms with Crippen LogP contribution in [0, 0.1) is 5.82 Å². The molecule has 0 unspecified atom stereocenters. The molecule has 6 heteroatoms. The third kappa shape index (κ3) is 3.86. The Morgan fingerprint density at radius 2 is 1.95 bits per heavy atom. The highest BCUT2D eigenvalue weighted by molar-refractivity contribution is 6.42. The van der Waals surface area contributed by atoms with E-state index in [0.29, 0.717) is 22.9 Å². The van der Waals surface area contributed by atoms with E-state index in [0.717, 1.165) is 0 Å². The van der Waals surface area contributed by atoms with Gasteiger partial charge in [-0.3, -0.25) is 4.79 Å². The molecule has 0 aliphatic carbocycles. The fourth-order valence-corrected chi connectivity index (χ4v) is 1.99. The Morgan fingerprint density at radius 1 is 1.19 bits per heavy atom. The predicted molar refractivity (Wildman–Crippen MR) is 82.0 cm³/mol. The van der Waals surface area contributed by atoms with Crippen molar-refractivity contribution >= 4 is 34.8 Å². The van der Waals surface area contributed by atoms with Gasteiger partial charge < -0.3 is 10.1 Å². The molecule has 2 aromatic carbocycles. The molecule has 2 aromatic rings. The van der Waals surface area contributed by atoms with Crippen LogP contribution < -0.4 is 10.1 Å². The Balaban J connectivity index is 2.15. The zero-order valence-corrected chi connectivity index (χ0v) is 12.6. The number of carbonyl (C=O) groups excluding carboxylic acids is 1.